The van der Waals surface area contributed by atoms with Crippen LogP contribution in [0.2, 0.25) is 0 Å². The lowest BCUT2D eigenvalue weighted by atomic mass is 10.1. The number of furan rings is 1. The van der Waals surface area contributed by atoms with E-state index in [1.165, 1.54) is 6.92 Å². The molecule has 5 heteroatoms. The summed E-state index contributed by atoms with van der Waals surface area (Å²) in [4.78, 5) is 18.3. The molecule has 0 saturated heterocycles. The smallest absolute Gasteiger partial charge is 0.194 e. The average Bonchev–Trinajstić information content (AvgIpc) is 3.19. The Bertz CT molecular complexity index is 1100. The maximum absolute atomic E-state index is 11.9. The van der Waals surface area contributed by atoms with Crippen molar-refractivity contribution in [1.29, 1.82) is 0 Å². The van der Waals surface area contributed by atoms with E-state index in [4.69, 9.17) is 9.15 Å². The third kappa shape index (κ3) is 3.34. The number of pyridine rings is 1. The molecule has 0 atom stereocenters. The first-order valence-electron chi connectivity index (χ1n) is 9.00. The van der Waals surface area contributed by atoms with Crippen molar-refractivity contribution in [2.75, 3.05) is 12.0 Å². The first kappa shape index (κ1) is 17.8. The Labute approximate surface area is 163 Å². The first-order chi connectivity index (χ1) is 13.7. The molecule has 28 heavy (non-hydrogen) atoms. The molecule has 0 unspecified atom stereocenters. The number of ketones is 1. The summed E-state index contributed by atoms with van der Waals surface area (Å²) < 4.78 is 11.3. The minimum atomic E-state index is -0.122. The summed E-state index contributed by atoms with van der Waals surface area (Å²) >= 11 is 0. The summed E-state index contributed by atoms with van der Waals surface area (Å²) in [5, 5.41) is 0.831. The van der Waals surface area contributed by atoms with Gasteiger partial charge in [-0.25, -0.2) is 0 Å². The number of aromatic nitrogens is 1. The van der Waals surface area contributed by atoms with E-state index in [0.29, 0.717) is 23.6 Å². The fraction of sp³-hybridized carbons (Fsp3) is 0.130. The van der Waals surface area contributed by atoms with Crippen LogP contribution in [0.4, 0.5) is 11.4 Å². The van der Waals surface area contributed by atoms with Gasteiger partial charge in [0.15, 0.2) is 22.9 Å². The van der Waals surface area contributed by atoms with Crippen LogP contribution in [0.5, 0.6) is 5.75 Å². The van der Waals surface area contributed by atoms with E-state index < -0.39 is 0 Å². The Balaban J connectivity index is 1.90. The van der Waals surface area contributed by atoms with Crippen LogP contribution >= 0.6 is 0 Å². The zero-order valence-electron chi connectivity index (χ0n) is 15.8. The standard InChI is InChI=1S/C23H20N2O3/c1-16(26)22-13-19-20(10-11-21(27-2)23(19)28-22)25(18-8-4-3-5-9-18)15-17-7-6-12-24-14-17/h3-14H,15H2,1-2H3. The van der Waals surface area contributed by atoms with Gasteiger partial charge in [-0.3, -0.25) is 9.78 Å². The van der Waals surface area contributed by atoms with Crippen molar-refractivity contribution in [2.45, 2.75) is 13.5 Å². The topological polar surface area (TPSA) is 55.6 Å². The Morgan fingerprint density at radius 2 is 1.93 bits per heavy atom. The third-order valence-electron chi connectivity index (χ3n) is 4.61. The van der Waals surface area contributed by atoms with Crippen LogP contribution in [0, 0.1) is 0 Å². The number of anilines is 2. The summed E-state index contributed by atoms with van der Waals surface area (Å²) in [6.45, 7) is 2.12. The van der Waals surface area contributed by atoms with Crippen molar-refractivity contribution in [1.82, 2.24) is 4.98 Å². The molecule has 2 heterocycles. The van der Waals surface area contributed by atoms with E-state index in [1.807, 2.05) is 48.7 Å². The summed E-state index contributed by atoms with van der Waals surface area (Å²) in [6.07, 6.45) is 3.62. The van der Waals surface area contributed by atoms with Crippen molar-refractivity contribution >= 4 is 28.1 Å². The lowest BCUT2D eigenvalue weighted by Crippen LogP contribution is -2.16. The Kier molecular flexibility index (Phi) is 4.81. The number of carbonyl (C=O) groups excluding carboxylic acids is 1. The number of carbonyl (C=O) groups is 1. The van der Waals surface area contributed by atoms with E-state index in [0.717, 1.165) is 22.3 Å². The van der Waals surface area contributed by atoms with Gasteiger partial charge in [0.05, 0.1) is 12.8 Å². The number of ether oxygens (including phenoxy) is 1. The van der Waals surface area contributed by atoms with E-state index in [-0.39, 0.29) is 5.78 Å². The second kappa shape index (κ2) is 7.56. The Hall–Kier alpha value is -3.60. The van der Waals surface area contributed by atoms with E-state index in [1.54, 1.807) is 19.4 Å². The van der Waals surface area contributed by atoms with Crippen LogP contribution in [-0.2, 0) is 6.54 Å². The molecule has 0 spiro atoms. The van der Waals surface area contributed by atoms with Crippen LogP contribution in [0.25, 0.3) is 11.0 Å². The quantitative estimate of drug-likeness (QED) is 0.426. The van der Waals surface area contributed by atoms with Gasteiger partial charge < -0.3 is 14.1 Å². The van der Waals surface area contributed by atoms with Crippen LogP contribution in [0.15, 0.2) is 77.5 Å². The Morgan fingerprint density at radius 3 is 2.61 bits per heavy atom. The van der Waals surface area contributed by atoms with E-state index in [9.17, 15) is 4.79 Å². The van der Waals surface area contributed by atoms with Crippen molar-refractivity contribution < 1.29 is 13.9 Å². The summed E-state index contributed by atoms with van der Waals surface area (Å²) in [6, 6.07) is 19.7. The summed E-state index contributed by atoms with van der Waals surface area (Å²) in [7, 11) is 1.59. The summed E-state index contributed by atoms with van der Waals surface area (Å²) in [5.41, 5.74) is 3.61. The van der Waals surface area contributed by atoms with Gasteiger partial charge >= 0.3 is 0 Å². The van der Waals surface area contributed by atoms with Gasteiger partial charge in [0.2, 0.25) is 0 Å². The molecule has 0 bridgehead atoms. The molecule has 4 aromatic rings. The number of fused-ring (bicyclic) bond motifs is 1. The van der Waals surface area contributed by atoms with Crippen LogP contribution < -0.4 is 9.64 Å². The van der Waals surface area contributed by atoms with Crippen molar-refractivity contribution in [3.8, 4) is 5.75 Å². The average molecular weight is 372 g/mol. The van der Waals surface area contributed by atoms with Gasteiger partial charge in [-0.05, 0) is 42.0 Å². The largest absolute Gasteiger partial charge is 0.493 e. The number of hydrogen-bond donors (Lipinski definition) is 0. The molecule has 0 amide bonds. The lowest BCUT2D eigenvalue weighted by molar-refractivity contribution is 0.0989. The molecule has 0 aliphatic carbocycles. The summed E-state index contributed by atoms with van der Waals surface area (Å²) in [5.74, 6) is 0.790. The number of hydrogen-bond acceptors (Lipinski definition) is 5. The molecule has 2 aromatic heterocycles. The molecule has 0 fully saturated rings. The number of benzene rings is 2. The van der Waals surface area contributed by atoms with Gasteiger partial charge in [-0.1, -0.05) is 24.3 Å². The van der Waals surface area contributed by atoms with E-state index in [2.05, 4.69) is 22.0 Å². The molecular formula is C23H20N2O3. The minimum Gasteiger partial charge on any atom is -0.493 e. The van der Waals surface area contributed by atoms with Gasteiger partial charge in [0.1, 0.15) is 0 Å². The number of para-hydroxylation sites is 1. The molecule has 0 aliphatic rings. The predicted octanol–water partition coefficient (Wildman–Crippen LogP) is 5.38. The highest BCUT2D eigenvalue weighted by Gasteiger charge is 2.20. The second-order valence-electron chi connectivity index (χ2n) is 6.48. The first-order valence-corrected chi connectivity index (χ1v) is 9.00. The van der Waals surface area contributed by atoms with Gasteiger partial charge in [0, 0.05) is 36.9 Å². The fourth-order valence-corrected chi connectivity index (χ4v) is 3.25. The molecule has 0 radical (unpaired) electrons. The number of nitrogens with zero attached hydrogens (tertiary/aromatic N) is 2. The zero-order valence-corrected chi connectivity index (χ0v) is 15.8. The van der Waals surface area contributed by atoms with Crippen LogP contribution in [-0.4, -0.2) is 17.9 Å². The molecule has 140 valence electrons. The van der Waals surface area contributed by atoms with Gasteiger partial charge in [-0.2, -0.15) is 0 Å². The minimum absolute atomic E-state index is 0.122. The maximum Gasteiger partial charge on any atom is 0.194 e. The highest BCUT2D eigenvalue weighted by Crippen LogP contribution is 2.39. The van der Waals surface area contributed by atoms with Crippen LogP contribution in [0.3, 0.4) is 0 Å². The Morgan fingerprint density at radius 1 is 1.11 bits per heavy atom. The SMILES string of the molecule is COc1ccc(N(Cc2cccnc2)c2ccccc2)c2cc(C(C)=O)oc12. The highest BCUT2D eigenvalue weighted by molar-refractivity contribution is 6.02. The van der Waals surface area contributed by atoms with Crippen LogP contribution in [0.1, 0.15) is 23.0 Å². The molecule has 0 saturated carbocycles. The molecule has 0 aliphatic heterocycles. The third-order valence-corrected chi connectivity index (χ3v) is 4.61. The normalized spacial score (nSPS) is 10.8. The zero-order chi connectivity index (χ0) is 19.5. The second-order valence-corrected chi connectivity index (χ2v) is 6.48. The number of methoxy groups -OCH3 is 1. The predicted molar refractivity (Wildman–Crippen MR) is 109 cm³/mol. The highest BCUT2D eigenvalue weighted by atomic mass is 16.5. The fourth-order valence-electron chi connectivity index (χ4n) is 3.25. The van der Waals surface area contributed by atoms with E-state index >= 15 is 0 Å². The van der Waals surface area contributed by atoms with Crippen molar-refractivity contribution in [3.63, 3.8) is 0 Å². The number of Topliss-reactive ketones (excluding diaryl/α,β-unsaturated/α-hetero) is 1. The number of rotatable bonds is 6. The molecule has 4 rings (SSSR count). The maximum atomic E-state index is 11.9. The molecule has 5 nitrogen and oxygen atoms in total. The lowest BCUT2D eigenvalue weighted by Gasteiger charge is -2.26. The molecule has 2 aromatic carbocycles. The molecular weight excluding hydrogens is 352 g/mol. The monoisotopic (exact) mass is 372 g/mol. The molecule has 0 N–H and O–H groups in total. The van der Waals surface area contributed by atoms with Gasteiger partial charge in [-0.15, -0.1) is 0 Å². The van der Waals surface area contributed by atoms with Gasteiger partial charge in [0.25, 0.3) is 0 Å². The van der Waals surface area contributed by atoms with Crippen molar-refractivity contribution in [3.05, 3.63) is 84.4 Å². The van der Waals surface area contributed by atoms with Crippen molar-refractivity contribution in [2.24, 2.45) is 0 Å².